The van der Waals surface area contributed by atoms with Gasteiger partial charge in [0.15, 0.2) is 0 Å². The zero-order valence-electron chi connectivity index (χ0n) is 23.5. The second kappa shape index (κ2) is 19.4. The molecular weight excluding hydrogens is 502 g/mol. The van der Waals surface area contributed by atoms with E-state index in [1.54, 1.807) is 0 Å². The average molecular weight is 549 g/mol. The van der Waals surface area contributed by atoms with Gasteiger partial charge < -0.3 is 10.5 Å². The van der Waals surface area contributed by atoms with Gasteiger partial charge in [-0.2, -0.15) is 11.1 Å². The second-order valence-corrected chi connectivity index (χ2v) is 11.9. The number of amides is 1. The Kier molecular flexibility index (Phi) is 17.5. The molecule has 1 N–H and O–H groups in total. The molecule has 0 spiro atoms. The van der Waals surface area contributed by atoms with E-state index >= 15 is 0 Å². The summed E-state index contributed by atoms with van der Waals surface area (Å²) in [4.78, 5) is 11.0. The average Bonchev–Trinajstić information content (AvgIpc) is 3.08. The van der Waals surface area contributed by atoms with Crippen LogP contribution in [0.2, 0.25) is 0 Å². The molecule has 0 heterocycles. The Morgan fingerprint density at radius 1 is 0.757 bits per heavy atom. The fourth-order valence-corrected chi connectivity index (χ4v) is 5.92. The maximum absolute atomic E-state index is 11.0. The van der Waals surface area contributed by atoms with Crippen molar-refractivity contribution in [2.45, 2.75) is 91.9 Å². The molecule has 1 amide bonds. The summed E-state index contributed by atoms with van der Waals surface area (Å²) in [5, 5.41) is 2.90. The summed E-state index contributed by atoms with van der Waals surface area (Å²) in [5.41, 5.74) is 11.4. The molecule has 4 heteroatoms. The molecule has 1 unspecified atom stereocenters. The fraction of sp³-hybridized carbons (Fsp3) is 0.485. The Hall–Kier alpha value is -1.68. The standard InChI is InChI=1S/C12H23NO.C12H11Si.C9H13.Ti/c13-12(14)11-9-7-5-3-1-2-4-6-8-10-11;1-3-7-11(8-4-1)13-12-9-5-2-6-10-12;1-6-5-7(2)9(4)8(6)3;/h11H,1-10H2,(H2,13,14);1-10,13H;6H,1-4H3;/q;;-1;+2/p-1. The zero-order valence-corrected chi connectivity index (χ0v) is 26.2. The molecule has 0 aliphatic heterocycles. The number of nitrogens with one attached hydrogen (secondary N) is 1. The number of carbonyl (C=O) groups is 1. The minimum atomic E-state index is -0.329. The largest absolute Gasteiger partial charge is 2.00 e. The summed E-state index contributed by atoms with van der Waals surface area (Å²) in [6.07, 6.45) is 15.4. The molecule has 2 aromatic rings. The van der Waals surface area contributed by atoms with Crippen molar-refractivity contribution in [3.63, 3.8) is 0 Å². The van der Waals surface area contributed by atoms with Crippen LogP contribution in [0.4, 0.5) is 0 Å². The molecule has 1 saturated carbocycles. The van der Waals surface area contributed by atoms with Crippen molar-refractivity contribution in [3.05, 3.63) is 89.2 Å². The van der Waals surface area contributed by atoms with Gasteiger partial charge in [0.05, 0.1) is 5.91 Å². The van der Waals surface area contributed by atoms with E-state index in [1.807, 2.05) is 0 Å². The normalized spacial score (nSPS) is 18.6. The van der Waals surface area contributed by atoms with Crippen LogP contribution < -0.4 is 10.4 Å². The summed E-state index contributed by atoms with van der Waals surface area (Å²) < 4.78 is 0. The van der Waals surface area contributed by atoms with Crippen molar-refractivity contribution >= 4 is 25.8 Å². The van der Waals surface area contributed by atoms with Crippen LogP contribution in [0.1, 0.15) is 91.9 Å². The molecule has 1 fully saturated rings. The molecule has 0 aromatic heterocycles. The van der Waals surface area contributed by atoms with Crippen LogP contribution in [0.15, 0.2) is 77.4 Å². The molecule has 2 aliphatic rings. The van der Waals surface area contributed by atoms with Crippen molar-refractivity contribution in [2.75, 3.05) is 0 Å². The maximum Gasteiger partial charge on any atom is 2.00 e. The molecule has 197 valence electrons. The van der Waals surface area contributed by atoms with Gasteiger partial charge in [0, 0.05) is 5.92 Å². The van der Waals surface area contributed by atoms with E-state index in [-0.39, 0.29) is 43.1 Å². The zero-order chi connectivity index (χ0) is 26.2. The van der Waals surface area contributed by atoms with Crippen molar-refractivity contribution < 1.29 is 26.5 Å². The van der Waals surface area contributed by atoms with Crippen molar-refractivity contribution in [2.24, 2.45) is 11.8 Å². The van der Waals surface area contributed by atoms with Crippen LogP contribution in [0.25, 0.3) is 5.73 Å². The topological polar surface area (TPSA) is 40.9 Å². The van der Waals surface area contributed by atoms with E-state index < -0.39 is 0 Å². The van der Waals surface area contributed by atoms with Gasteiger partial charge in [0.1, 0.15) is 9.52 Å². The molecule has 1 atom stereocenters. The van der Waals surface area contributed by atoms with Gasteiger partial charge in [0.2, 0.25) is 0 Å². The molecular formula is C33H46NOSiTi. The Bertz CT molecular complexity index is 905. The molecule has 4 rings (SSSR count). The fourth-order valence-electron chi connectivity index (χ4n) is 4.70. The number of rotatable bonds is 3. The SMILES string of the molecule is CC1=[C-]C(C)C(C)=C1C.[NH-]C(=O)C1CCCCCCCCCC1.[Ti+2].c1ccc([SiH]c2ccccc2)cc1. The van der Waals surface area contributed by atoms with Gasteiger partial charge in [0.25, 0.3) is 0 Å². The first-order valence-electron chi connectivity index (χ1n) is 13.9. The first-order chi connectivity index (χ1) is 17.4. The van der Waals surface area contributed by atoms with Crippen molar-refractivity contribution in [3.8, 4) is 0 Å². The quantitative estimate of drug-likeness (QED) is 0.284. The first kappa shape index (κ1) is 33.3. The van der Waals surface area contributed by atoms with Gasteiger partial charge in [-0.1, -0.05) is 149 Å². The third-order valence-electron chi connectivity index (χ3n) is 7.39. The molecule has 37 heavy (non-hydrogen) atoms. The van der Waals surface area contributed by atoms with Gasteiger partial charge in [-0.25, -0.2) is 5.57 Å². The summed E-state index contributed by atoms with van der Waals surface area (Å²) >= 11 is 0. The molecule has 0 bridgehead atoms. The smallest absolute Gasteiger partial charge is 0.668 e. The Morgan fingerprint density at radius 3 is 1.46 bits per heavy atom. The van der Waals surface area contributed by atoms with Gasteiger partial charge in [-0.05, 0) is 12.8 Å². The summed E-state index contributed by atoms with van der Waals surface area (Å²) in [5.74, 6) is 0.280. The van der Waals surface area contributed by atoms with Crippen LogP contribution in [0, 0.1) is 17.9 Å². The van der Waals surface area contributed by atoms with Crippen molar-refractivity contribution in [1.29, 1.82) is 0 Å². The molecule has 0 saturated heterocycles. The Balaban J connectivity index is 0.000000280. The van der Waals surface area contributed by atoms with Crippen LogP contribution in [0.5, 0.6) is 0 Å². The van der Waals surface area contributed by atoms with Gasteiger partial charge in [-0.3, -0.25) is 6.08 Å². The molecule has 1 radical (unpaired) electrons. The van der Waals surface area contributed by atoms with E-state index in [1.165, 1.54) is 65.6 Å². The van der Waals surface area contributed by atoms with Crippen LogP contribution >= 0.6 is 0 Å². The summed E-state index contributed by atoms with van der Waals surface area (Å²) in [6, 6.07) is 21.3. The minimum Gasteiger partial charge on any atom is -0.668 e. The number of allylic oxidation sites excluding steroid dienone is 4. The van der Waals surface area contributed by atoms with E-state index in [9.17, 15) is 4.79 Å². The van der Waals surface area contributed by atoms with Crippen LogP contribution in [-0.4, -0.2) is 15.4 Å². The summed E-state index contributed by atoms with van der Waals surface area (Å²) in [7, 11) is 0.271. The molecule has 2 aliphatic carbocycles. The minimum absolute atomic E-state index is 0. The maximum atomic E-state index is 11.0. The van der Waals surface area contributed by atoms with Crippen molar-refractivity contribution in [1.82, 2.24) is 0 Å². The van der Waals surface area contributed by atoms with E-state index in [2.05, 4.69) is 94.4 Å². The number of hydrogen-bond acceptors (Lipinski definition) is 1. The van der Waals surface area contributed by atoms with Crippen LogP contribution in [-0.2, 0) is 26.5 Å². The summed E-state index contributed by atoms with van der Waals surface area (Å²) in [6.45, 7) is 8.67. The van der Waals surface area contributed by atoms with E-state index in [0.29, 0.717) is 5.92 Å². The van der Waals surface area contributed by atoms with Crippen LogP contribution in [0.3, 0.4) is 0 Å². The predicted molar refractivity (Wildman–Crippen MR) is 158 cm³/mol. The number of benzene rings is 2. The third kappa shape index (κ3) is 13.6. The van der Waals surface area contributed by atoms with E-state index in [4.69, 9.17) is 5.73 Å². The Labute approximate surface area is 244 Å². The third-order valence-corrected chi connectivity index (χ3v) is 8.83. The van der Waals surface area contributed by atoms with Gasteiger partial charge in [-0.15, -0.1) is 6.92 Å². The molecule has 2 aromatic carbocycles. The number of hydrogen-bond donors (Lipinski definition) is 0. The Morgan fingerprint density at radius 2 is 1.16 bits per heavy atom. The monoisotopic (exact) mass is 548 g/mol. The molecule has 2 nitrogen and oxygen atoms in total. The van der Waals surface area contributed by atoms with E-state index in [0.717, 1.165) is 25.7 Å². The first-order valence-corrected chi connectivity index (χ1v) is 15.0. The predicted octanol–water partition coefficient (Wildman–Crippen LogP) is 7.89. The van der Waals surface area contributed by atoms with Gasteiger partial charge >= 0.3 is 21.7 Å². The number of carbonyl (C=O) groups excluding carboxylic acids is 1. The second-order valence-electron chi connectivity index (χ2n) is 10.2.